The van der Waals surface area contributed by atoms with Crippen molar-refractivity contribution in [2.24, 2.45) is 0 Å². The number of aromatic nitrogens is 1. The minimum absolute atomic E-state index is 0.0724. The number of ether oxygens (including phenoxy) is 1. The van der Waals surface area contributed by atoms with Crippen molar-refractivity contribution in [2.45, 2.75) is 39.0 Å². The highest BCUT2D eigenvalue weighted by molar-refractivity contribution is 7.80. The van der Waals surface area contributed by atoms with Gasteiger partial charge < -0.3 is 19.9 Å². The Kier molecular flexibility index (Phi) is 6.45. The Hall–Kier alpha value is -2.70. The van der Waals surface area contributed by atoms with Crippen LogP contribution in [-0.2, 0) is 17.8 Å². The smallest absolute Gasteiger partial charge is 0.253 e. The lowest BCUT2D eigenvalue weighted by Crippen LogP contribution is -2.42. The van der Waals surface area contributed by atoms with Crippen molar-refractivity contribution in [2.75, 3.05) is 13.2 Å². The summed E-state index contributed by atoms with van der Waals surface area (Å²) in [5.74, 6) is 0. The first-order chi connectivity index (χ1) is 14.6. The average Bonchev–Trinajstić information content (AvgIpc) is 3.27. The number of pyridine rings is 1. The maximum absolute atomic E-state index is 12.8. The number of aryl methyl sites for hydroxylation is 1. The Labute approximate surface area is 182 Å². The first kappa shape index (κ1) is 20.6. The zero-order valence-corrected chi connectivity index (χ0v) is 18.0. The molecule has 0 spiro atoms. The van der Waals surface area contributed by atoms with Gasteiger partial charge in [-0.2, -0.15) is 0 Å². The van der Waals surface area contributed by atoms with Gasteiger partial charge in [-0.1, -0.05) is 48.5 Å². The lowest BCUT2D eigenvalue weighted by molar-refractivity contribution is 0.113. The summed E-state index contributed by atoms with van der Waals surface area (Å²) in [7, 11) is 0. The van der Waals surface area contributed by atoms with Gasteiger partial charge in [0.1, 0.15) is 0 Å². The molecule has 1 aromatic heterocycles. The summed E-state index contributed by atoms with van der Waals surface area (Å²) in [6.07, 6.45) is 2.35. The Morgan fingerprint density at radius 1 is 1.20 bits per heavy atom. The fraction of sp³-hybridized carbons (Fsp3) is 0.333. The average molecular weight is 422 g/mol. The quantitative estimate of drug-likeness (QED) is 0.592. The molecule has 1 aliphatic rings. The van der Waals surface area contributed by atoms with Crippen LogP contribution in [0.3, 0.4) is 0 Å². The molecule has 0 aliphatic carbocycles. The van der Waals surface area contributed by atoms with E-state index in [1.807, 2.05) is 54.3 Å². The molecule has 0 radical (unpaired) electrons. The predicted octanol–water partition coefficient (Wildman–Crippen LogP) is 3.89. The van der Waals surface area contributed by atoms with Crippen molar-refractivity contribution in [3.8, 4) is 0 Å². The number of fused-ring (bicyclic) bond motifs is 1. The summed E-state index contributed by atoms with van der Waals surface area (Å²) in [6, 6.07) is 18.2. The number of hydrogen-bond donors (Lipinski definition) is 2. The minimum Gasteiger partial charge on any atom is -0.376 e. The fourth-order valence-electron chi connectivity index (χ4n) is 3.87. The van der Waals surface area contributed by atoms with Crippen molar-refractivity contribution in [3.63, 3.8) is 0 Å². The van der Waals surface area contributed by atoms with E-state index in [0.717, 1.165) is 41.5 Å². The van der Waals surface area contributed by atoms with Gasteiger partial charge in [-0.05, 0) is 54.6 Å². The highest BCUT2D eigenvalue weighted by Gasteiger charge is 2.18. The Morgan fingerprint density at radius 2 is 2.03 bits per heavy atom. The topological polar surface area (TPSA) is 57.4 Å². The maximum Gasteiger partial charge on any atom is 0.253 e. The second-order valence-corrected chi connectivity index (χ2v) is 8.21. The van der Waals surface area contributed by atoms with E-state index in [0.29, 0.717) is 30.3 Å². The zero-order chi connectivity index (χ0) is 20.9. The molecule has 2 aromatic carbocycles. The van der Waals surface area contributed by atoms with Gasteiger partial charge in [0, 0.05) is 25.3 Å². The van der Waals surface area contributed by atoms with Crippen molar-refractivity contribution in [3.05, 3.63) is 81.6 Å². The van der Waals surface area contributed by atoms with Crippen molar-refractivity contribution >= 4 is 28.2 Å². The van der Waals surface area contributed by atoms with Crippen LogP contribution in [0.15, 0.2) is 59.4 Å². The highest BCUT2D eigenvalue weighted by Crippen LogP contribution is 2.17. The van der Waals surface area contributed by atoms with Gasteiger partial charge in [-0.25, -0.2) is 0 Å². The van der Waals surface area contributed by atoms with Crippen molar-refractivity contribution < 1.29 is 4.74 Å². The zero-order valence-electron chi connectivity index (χ0n) is 17.2. The number of rotatable bonds is 6. The van der Waals surface area contributed by atoms with Crippen LogP contribution in [0.25, 0.3) is 10.9 Å². The highest BCUT2D eigenvalue weighted by atomic mass is 32.1. The maximum atomic E-state index is 12.8. The van der Waals surface area contributed by atoms with Gasteiger partial charge in [0.05, 0.1) is 18.2 Å². The van der Waals surface area contributed by atoms with Crippen LogP contribution in [0, 0.1) is 6.92 Å². The monoisotopic (exact) mass is 421 g/mol. The number of H-pyrrole nitrogens is 1. The van der Waals surface area contributed by atoms with Crippen molar-refractivity contribution in [1.82, 2.24) is 15.2 Å². The Bertz CT molecular complexity index is 1070. The molecular formula is C24H27N3O2S. The van der Waals surface area contributed by atoms with Crippen molar-refractivity contribution in [1.29, 1.82) is 0 Å². The summed E-state index contributed by atoms with van der Waals surface area (Å²) in [6.45, 7) is 4.58. The Balaban J connectivity index is 1.57. The molecule has 0 unspecified atom stereocenters. The normalized spacial score (nSPS) is 16.0. The first-order valence-corrected chi connectivity index (χ1v) is 10.8. The van der Waals surface area contributed by atoms with Crippen LogP contribution in [0.4, 0.5) is 0 Å². The lowest BCUT2D eigenvalue weighted by atomic mass is 10.1. The van der Waals surface area contributed by atoms with E-state index in [2.05, 4.69) is 22.4 Å². The molecule has 0 saturated carbocycles. The molecule has 30 heavy (non-hydrogen) atoms. The van der Waals surface area contributed by atoms with E-state index in [1.165, 1.54) is 0 Å². The molecule has 1 fully saturated rings. The molecule has 0 amide bonds. The molecule has 156 valence electrons. The number of nitrogens with zero attached hydrogens (tertiary/aromatic N) is 1. The molecule has 5 nitrogen and oxygen atoms in total. The third-order valence-electron chi connectivity index (χ3n) is 5.53. The van der Waals surface area contributed by atoms with E-state index in [1.54, 1.807) is 0 Å². The number of aromatic amines is 1. The van der Waals surface area contributed by atoms with Gasteiger partial charge in [0.15, 0.2) is 5.11 Å². The second-order valence-electron chi connectivity index (χ2n) is 7.83. The van der Waals surface area contributed by atoms with E-state index in [4.69, 9.17) is 17.0 Å². The molecule has 2 N–H and O–H groups in total. The van der Waals surface area contributed by atoms with Crippen LogP contribution in [0.5, 0.6) is 0 Å². The summed E-state index contributed by atoms with van der Waals surface area (Å²) < 4.78 is 5.70. The second kappa shape index (κ2) is 9.41. The summed E-state index contributed by atoms with van der Waals surface area (Å²) in [5.41, 5.74) is 3.72. The molecule has 1 atom stereocenters. The lowest BCUT2D eigenvalue weighted by Gasteiger charge is -2.27. The number of hydrogen-bond acceptors (Lipinski definition) is 3. The minimum atomic E-state index is -0.0724. The molecule has 0 bridgehead atoms. The largest absolute Gasteiger partial charge is 0.376 e. The molecule has 1 aliphatic heterocycles. The molecule has 6 heteroatoms. The van der Waals surface area contributed by atoms with Gasteiger partial charge in [0.25, 0.3) is 5.56 Å². The number of nitrogens with one attached hydrogen (secondary N) is 2. The van der Waals surface area contributed by atoms with Crippen LogP contribution in [0.2, 0.25) is 0 Å². The number of thiocarbonyl (C=S) groups is 1. The third-order valence-corrected chi connectivity index (χ3v) is 5.94. The Morgan fingerprint density at radius 3 is 2.80 bits per heavy atom. The van der Waals surface area contributed by atoms with E-state index < -0.39 is 0 Å². The molecule has 4 rings (SSSR count). The van der Waals surface area contributed by atoms with Gasteiger partial charge >= 0.3 is 0 Å². The SMILES string of the molecule is Cc1cccc2cc(CN(Cc3ccccc3)C(=S)NC[C@H]3CCCO3)c(=O)[nH]c12. The number of benzene rings is 2. The summed E-state index contributed by atoms with van der Waals surface area (Å²) in [5, 5.41) is 5.02. The predicted molar refractivity (Wildman–Crippen MR) is 125 cm³/mol. The van der Waals surface area contributed by atoms with Gasteiger partial charge in [0.2, 0.25) is 0 Å². The summed E-state index contributed by atoms with van der Waals surface area (Å²) in [4.78, 5) is 17.9. The van der Waals surface area contributed by atoms with Crippen LogP contribution in [0.1, 0.15) is 29.5 Å². The van der Waals surface area contributed by atoms with Crippen LogP contribution < -0.4 is 10.9 Å². The fourth-order valence-corrected chi connectivity index (χ4v) is 4.09. The van der Waals surface area contributed by atoms with Crippen LogP contribution in [-0.4, -0.2) is 34.3 Å². The van der Waals surface area contributed by atoms with E-state index in [9.17, 15) is 4.79 Å². The molecule has 2 heterocycles. The number of para-hydroxylation sites is 1. The van der Waals surface area contributed by atoms with E-state index >= 15 is 0 Å². The first-order valence-electron chi connectivity index (χ1n) is 10.4. The van der Waals surface area contributed by atoms with Crippen LogP contribution >= 0.6 is 12.2 Å². The molecular weight excluding hydrogens is 394 g/mol. The summed E-state index contributed by atoms with van der Waals surface area (Å²) >= 11 is 5.72. The van der Waals surface area contributed by atoms with Gasteiger partial charge in [-0.3, -0.25) is 4.79 Å². The van der Waals surface area contributed by atoms with E-state index in [-0.39, 0.29) is 11.7 Å². The third kappa shape index (κ3) is 4.89. The van der Waals surface area contributed by atoms with Gasteiger partial charge in [-0.15, -0.1) is 0 Å². The molecule has 1 saturated heterocycles. The molecule has 3 aromatic rings. The standard InChI is InChI=1S/C24H27N3O2S/c1-17-7-5-10-19-13-20(23(28)26-22(17)19)16-27(15-18-8-3-2-4-9-18)24(30)25-14-21-11-6-12-29-21/h2-5,7-10,13,21H,6,11-12,14-16H2,1H3,(H,25,30)(H,26,28)/t21-/m1/s1.